The number of likely N-dealkylation sites (N-methyl/N-ethyl adjacent to an activating group) is 1. The Labute approximate surface area is 248 Å². The van der Waals surface area contributed by atoms with Gasteiger partial charge in [-0.25, -0.2) is 9.78 Å². The van der Waals surface area contributed by atoms with E-state index in [4.69, 9.17) is 9.47 Å². The maximum atomic E-state index is 13.6. The monoisotopic (exact) mass is 574 g/mol. The van der Waals surface area contributed by atoms with Gasteiger partial charge in [0, 0.05) is 52.2 Å². The number of rotatable bonds is 10. The number of benzene rings is 2. The molecule has 42 heavy (non-hydrogen) atoms. The van der Waals surface area contributed by atoms with Crippen molar-refractivity contribution in [3.05, 3.63) is 77.5 Å². The van der Waals surface area contributed by atoms with Crippen LogP contribution in [-0.2, 0) is 16.1 Å². The Bertz CT molecular complexity index is 1360. The van der Waals surface area contributed by atoms with Gasteiger partial charge in [0.2, 0.25) is 5.95 Å². The summed E-state index contributed by atoms with van der Waals surface area (Å²) in [6.07, 6.45) is 1.60. The quantitative estimate of drug-likeness (QED) is 0.338. The van der Waals surface area contributed by atoms with Crippen LogP contribution in [0.1, 0.15) is 61.7 Å². The van der Waals surface area contributed by atoms with Crippen LogP contribution in [-0.4, -0.2) is 72.7 Å². The van der Waals surface area contributed by atoms with Gasteiger partial charge in [-0.15, -0.1) is 0 Å². The highest BCUT2D eigenvalue weighted by atomic mass is 16.6. The summed E-state index contributed by atoms with van der Waals surface area (Å²) in [7, 11) is 3.67. The first-order valence-corrected chi connectivity index (χ1v) is 14.4. The lowest BCUT2D eigenvalue weighted by molar-refractivity contribution is 0.0137. The molecule has 0 saturated heterocycles. The minimum Gasteiger partial charge on any atom is -0.444 e. The van der Waals surface area contributed by atoms with E-state index in [1.165, 1.54) is 0 Å². The number of fused-ring (bicyclic) bond motifs is 1. The van der Waals surface area contributed by atoms with E-state index < -0.39 is 5.60 Å². The first-order valence-electron chi connectivity index (χ1n) is 14.4. The number of carbonyl (C=O) groups excluding carboxylic acids is 2. The van der Waals surface area contributed by atoms with Crippen LogP contribution in [0.5, 0.6) is 0 Å². The van der Waals surface area contributed by atoms with Crippen molar-refractivity contribution in [3.63, 3.8) is 0 Å². The molecular weight excluding hydrogens is 532 g/mol. The van der Waals surface area contributed by atoms with Crippen LogP contribution >= 0.6 is 0 Å². The largest absolute Gasteiger partial charge is 0.444 e. The zero-order valence-electron chi connectivity index (χ0n) is 25.5. The molecule has 10 nitrogen and oxygen atoms in total. The second-order valence-electron chi connectivity index (χ2n) is 11.4. The van der Waals surface area contributed by atoms with Crippen LogP contribution in [0, 0.1) is 0 Å². The normalized spacial score (nSPS) is 14.2. The van der Waals surface area contributed by atoms with E-state index in [2.05, 4.69) is 15.3 Å². The van der Waals surface area contributed by atoms with Crippen LogP contribution in [0.2, 0.25) is 0 Å². The number of nitrogens with zero attached hydrogens (tertiary/aromatic N) is 5. The molecule has 0 fully saturated rings. The molecule has 1 aliphatic rings. The fourth-order valence-corrected chi connectivity index (χ4v) is 4.67. The molecule has 1 aromatic heterocycles. The molecule has 2 aromatic carbocycles. The summed E-state index contributed by atoms with van der Waals surface area (Å²) in [6, 6.07) is 17.8. The van der Waals surface area contributed by atoms with Crippen molar-refractivity contribution >= 4 is 29.5 Å². The van der Waals surface area contributed by atoms with Gasteiger partial charge >= 0.3 is 6.09 Å². The zero-order chi connectivity index (χ0) is 30.3. The van der Waals surface area contributed by atoms with Crippen LogP contribution in [0.15, 0.2) is 60.8 Å². The molecule has 0 aliphatic carbocycles. The highest BCUT2D eigenvalue weighted by Crippen LogP contribution is 2.28. The molecule has 1 aliphatic heterocycles. The number of nitrogens with one attached hydrogen (secondary N) is 1. The van der Waals surface area contributed by atoms with Crippen LogP contribution in [0.3, 0.4) is 0 Å². The van der Waals surface area contributed by atoms with E-state index >= 15 is 0 Å². The summed E-state index contributed by atoms with van der Waals surface area (Å²) in [5.74, 6) is 0.992. The van der Waals surface area contributed by atoms with Crippen molar-refractivity contribution in [2.24, 2.45) is 0 Å². The zero-order valence-corrected chi connectivity index (χ0v) is 25.5. The fourth-order valence-electron chi connectivity index (χ4n) is 4.67. The van der Waals surface area contributed by atoms with Crippen molar-refractivity contribution in [2.75, 3.05) is 55.4 Å². The molecule has 224 valence electrons. The standard InChI is InChI=1S/C32H42N6O4/c1-7-33-30-34-21-26-28(35-30)36(5)18-19-38(29(26)39)25-15-11-12-23(20-25)22-41-27(24-13-9-8-10-14-24)16-17-37(6)31(40)42-32(2,3)4/h8-15,20-21,27H,7,16-19,22H2,1-6H3,(H,33,34,35)/t27-/m0/s1. The van der Waals surface area contributed by atoms with Gasteiger partial charge in [-0.2, -0.15) is 4.98 Å². The summed E-state index contributed by atoms with van der Waals surface area (Å²) >= 11 is 0. The number of ether oxygens (including phenoxy) is 2. The van der Waals surface area contributed by atoms with Gasteiger partial charge in [0.25, 0.3) is 5.91 Å². The molecule has 0 radical (unpaired) electrons. The second-order valence-corrected chi connectivity index (χ2v) is 11.4. The maximum Gasteiger partial charge on any atom is 0.410 e. The highest BCUT2D eigenvalue weighted by Gasteiger charge is 2.28. The Morgan fingerprint density at radius 2 is 1.88 bits per heavy atom. The number of hydrogen-bond donors (Lipinski definition) is 1. The van der Waals surface area contributed by atoms with E-state index in [0.717, 1.165) is 16.8 Å². The predicted octanol–water partition coefficient (Wildman–Crippen LogP) is 5.52. The number of carbonyl (C=O) groups is 2. The molecule has 1 atom stereocenters. The lowest BCUT2D eigenvalue weighted by Gasteiger charge is -2.26. The van der Waals surface area contributed by atoms with Crippen molar-refractivity contribution in [1.29, 1.82) is 0 Å². The molecule has 1 N–H and O–H groups in total. The van der Waals surface area contributed by atoms with Gasteiger partial charge < -0.3 is 29.5 Å². The van der Waals surface area contributed by atoms with Gasteiger partial charge in [0.15, 0.2) is 0 Å². The summed E-state index contributed by atoms with van der Waals surface area (Å²) in [5, 5.41) is 3.11. The van der Waals surface area contributed by atoms with Gasteiger partial charge in [-0.1, -0.05) is 42.5 Å². The third kappa shape index (κ3) is 7.97. The topological polar surface area (TPSA) is 100 Å². The average molecular weight is 575 g/mol. The molecule has 0 spiro atoms. The van der Waals surface area contributed by atoms with Crippen molar-refractivity contribution < 1.29 is 19.1 Å². The van der Waals surface area contributed by atoms with Gasteiger partial charge in [0.05, 0.1) is 12.7 Å². The van der Waals surface area contributed by atoms with Gasteiger partial charge in [0.1, 0.15) is 17.0 Å². The first kappa shape index (κ1) is 30.8. The SMILES string of the molecule is CCNc1ncc2c(n1)N(C)CCN(c1cccc(CO[C@@H](CCN(C)C(=O)OC(C)(C)C)c3ccccc3)c1)C2=O. The molecular formula is C32H42N6O4. The van der Waals surface area contributed by atoms with Gasteiger partial charge in [-0.3, -0.25) is 4.79 Å². The van der Waals surface area contributed by atoms with Crippen molar-refractivity contribution in [2.45, 2.75) is 52.4 Å². The maximum absolute atomic E-state index is 13.6. The molecule has 2 amide bonds. The Kier molecular flexibility index (Phi) is 10.0. The van der Waals surface area contributed by atoms with E-state index in [0.29, 0.717) is 56.5 Å². The molecule has 0 bridgehead atoms. The molecule has 0 saturated carbocycles. The fraction of sp³-hybridized carbons (Fsp3) is 0.438. The van der Waals surface area contributed by atoms with E-state index in [1.807, 2.05) is 94.2 Å². The Hall–Kier alpha value is -4.18. The first-order chi connectivity index (χ1) is 20.1. The van der Waals surface area contributed by atoms with E-state index in [1.54, 1.807) is 23.0 Å². The Morgan fingerprint density at radius 3 is 2.60 bits per heavy atom. The summed E-state index contributed by atoms with van der Waals surface area (Å²) in [6.45, 7) is 10.2. The second kappa shape index (κ2) is 13.7. The molecule has 3 aromatic rings. The summed E-state index contributed by atoms with van der Waals surface area (Å²) in [5.41, 5.74) is 2.68. The van der Waals surface area contributed by atoms with Crippen molar-refractivity contribution in [1.82, 2.24) is 14.9 Å². The number of hydrogen-bond acceptors (Lipinski definition) is 8. The molecule has 0 unspecified atom stereocenters. The predicted molar refractivity (Wildman–Crippen MR) is 165 cm³/mol. The Balaban J connectivity index is 1.47. The van der Waals surface area contributed by atoms with E-state index in [9.17, 15) is 9.59 Å². The van der Waals surface area contributed by atoms with Crippen molar-refractivity contribution in [3.8, 4) is 0 Å². The lowest BCUT2D eigenvalue weighted by atomic mass is 10.1. The molecule has 10 heteroatoms. The van der Waals surface area contributed by atoms with Gasteiger partial charge in [-0.05, 0) is 57.4 Å². The number of amides is 2. The van der Waals surface area contributed by atoms with E-state index in [-0.39, 0.29) is 18.1 Å². The summed E-state index contributed by atoms with van der Waals surface area (Å²) in [4.78, 5) is 40.4. The van der Waals surface area contributed by atoms with Crippen LogP contribution < -0.4 is 15.1 Å². The minimum atomic E-state index is -0.555. The third-order valence-corrected chi connectivity index (χ3v) is 6.88. The highest BCUT2D eigenvalue weighted by molar-refractivity contribution is 6.09. The minimum absolute atomic E-state index is 0.136. The molecule has 4 rings (SSSR count). The number of anilines is 3. The van der Waals surface area contributed by atoms with Crippen LogP contribution in [0.25, 0.3) is 0 Å². The Morgan fingerprint density at radius 1 is 1.12 bits per heavy atom. The summed E-state index contributed by atoms with van der Waals surface area (Å²) < 4.78 is 11.9. The average Bonchev–Trinajstić information content (AvgIpc) is 3.08. The lowest BCUT2D eigenvalue weighted by Crippen LogP contribution is -2.35. The number of aromatic nitrogens is 2. The van der Waals surface area contributed by atoms with Crippen LogP contribution in [0.4, 0.5) is 22.2 Å². The molecule has 2 heterocycles. The smallest absolute Gasteiger partial charge is 0.410 e. The third-order valence-electron chi connectivity index (χ3n) is 6.88.